The Morgan fingerprint density at radius 3 is 2.45 bits per heavy atom. The molecule has 0 aromatic heterocycles. The smallest absolute Gasteiger partial charge is 0.240 e. The number of nitrogens with zero attached hydrogens (tertiary/aromatic N) is 3. The molecule has 1 aliphatic heterocycles. The molecule has 2 fully saturated rings. The molecule has 1 saturated carbocycles. The second-order valence-corrected chi connectivity index (χ2v) is 6.27. The van der Waals surface area contributed by atoms with Crippen LogP contribution in [0.15, 0.2) is 24.3 Å². The van der Waals surface area contributed by atoms with Crippen molar-refractivity contribution in [3.05, 3.63) is 35.4 Å². The second kappa shape index (κ2) is 5.44. The molecule has 22 heavy (non-hydrogen) atoms. The lowest BCUT2D eigenvalue weighted by atomic mass is 9.87. The van der Waals surface area contributed by atoms with Crippen LogP contribution in [0.5, 0.6) is 0 Å². The maximum atomic E-state index is 12.4. The molecule has 0 radical (unpaired) electrons. The van der Waals surface area contributed by atoms with Gasteiger partial charge in [0, 0.05) is 0 Å². The second-order valence-electron chi connectivity index (χ2n) is 6.27. The van der Waals surface area contributed by atoms with Crippen molar-refractivity contribution in [1.82, 2.24) is 4.90 Å². The van der Waals surface area contributed by atoms with E-state index in [0.717, 1.165) is 18.4 Å². The summed E-state index contributed by atoms with van der Waals surface area (Å²) in [5.74, 6) is -0.621. The molecule has 1 saturated heterocycles. The highest BCUT2D eigenvalue weighted by Gasteiger charge is 2.53. The minimum Gasteiger partial charge on any atom is -0.386 e. The summed E-state index contributed by atoms with van der Waals surface area (Å²) >= 11 is 0. The molecule has 1 aromatic carbocycles. The zero-order valence-corrected chi connectivity index (χ0v) is 12.2. The number of likely N-dealkylation sites (tertiary alicyclic amines) is 1. The van der Waals surface area contributed by atoms with Gasteiger partial charge in [0.25, 0.3) is 0 Å². The van der Waals surface area contributed by atoms with E-state index in [1.165, 1.54) is 0 Å². The Labute approximate surface area is 129 Å². The summed E-state index contributed by atoms with van der Waals surface area (Å²) in [6.07, 6.45) is 2.40. The number of nitriles is 2. The van der Waals surface area contributed by atoms with Crippen LogP contribution in [-0.4, -0.2) is 34.6 Å². The van der Waals surface area contributed by atoms with Gasteiger partial charge in [0.2, 0.25) is 5.91 Å². The fourth-order valence-electron chi connectivity index (χ4n) is 3.01. The number of rotatable bonds is 4. The van der Waals surface area contributed by atoms with Gasteiger partial charge in [-0.1, -0.05) is 12.1 Å². The molecule has 0 spiro atoms. The lowest BCUT2D eigenvalue weighted by Gasteiger charge is -2.47. The van der Waals surface area contributed by atoms with Crippen molar-refractivity contribution in [3.8, 4) is 12.1 Å². The van der Waals surface area contributed by atoms with Gasteiger partial charge in [0.05, 0.1) is 30.8 Å². The monoisotopic (exact) mass is 295 g/mol. The molecule has 1 atom stereocenters. The third kappa shape index (κ3) is 2.68. The van der Waals surface area contributed by atoms with Crippen LogP contribution < -0.4 is 0 Å². The van der Waals surface area contributed by atoms with Gasteiger partial charge in [0.1, 0.15) is 11.5 Å². The summed E-state index contributed by atoms with van der Waals surface area (Å²) in [5, 5.41) is 28.3. The topological polar surface area (TPSA) is 88.1 Å². The highest BCUT2D eigenvalue weighted by atomic mass is 16.3. The Kier molecular flexibility index (Phi) is 3.60. The van der Waals surface area contributed by atoms with Crippen LogP contribution >= 0.6 is 0 Å². The number of carbonyl (C=O) groups is 1. The predicted molar refractivity (Wildman–Crippen MR) is 78.2 cm³/mol. The van der Waals surface area contributed by atoms with E-state index in [9.17, 15) is 15.2 Å². The van der Waals surface area contributed by atoms with Crippen LogP contribution in [-0.2, 0) is 11.2 Å². The van der Waals surface area contributed by atoms with Crippen molar-refractivity contribution in [3.63, 3.8) is 0 Å². The minimum absolute atomic E-state index is 0.211. The average molecular weight is 295 g/mol. The molecule has 5 heteroatoms. The molecule has 0 bridgehead atoms. The normalized spacial score (nSPS) is 20.4. The molecule has 1 aromatic rings. The predicted octanol–water partition coefficient (Wildman–Crippen LogP) is 1.22. The lowest BCUT2D eigenvalue weighted by Crippen LogP contribution is -2.65. The van der Waals surface area contributed by atoms with Crippen LogP contribution in [0.1, 0.15) is 24.0 Å². The molecule has 1 N–H and O–H groups in total. The molecule has 1 amide bonds. The van der Waals surface area contributed by atoms with Crippen molar-refractivity contribution in [2.75, 3.05) is 13.1 Å². The summed E-state index contributed by atoms with van der Waals surface area (Å²) < 4.78 is 0. The Balaban J connectivity index is 1.60. The minimum atomic E-state index is -0.739. The molecule has 1 unspecified atom stereocenters. The van der Waals surface area contributed by atoms with Crippen molar-refractivity contribution in [2.24, 2.45) is 11.8 Å². The summed E-state index contributed by atoms with van der Waals surface area (Å²) in [6, 6.07) is 11.0. The van der Waals surface area contributed by atoms with Gasteiger partial charge in [-0.2, -0.15) is 10.5 Å². The number of benzene rings is 1. The molecule has 112 valence electrons. The number of β-amino-alcohol motifs (C(OH)–C–C–N with tert-alkyl or cyclic N) is 1. The standard InChI is InChI=1S/C17H17N3O2/c18-8-13-3-1-12(2-4-13)7-14(9-19)16(21)20-10-17(22,11-20)15-5-6-15/h1-4,14-15,22H,5-7,10-11H2. The highest BCUT2D eigenvalue weighted by Crippen LogP contribution is 2.44. The van der Waals surface area contributed by atoms with Gasteiger partial charge >= 0.3 is 0 Å². The van der Waals surface area contributed by atoms with Crippen molar-refractivity contribution < 1.29 is 9.90 Å². The summed E-state index contributed by atoms with van der Waals surface area (Å²) in [5.41, 5.74) is 0.696. The van der Waals surface area contributed by atoms with Gasteiger partial charge in [-0.3, -0.25) is 4.79 Å². The molecular formula is C17H17N3O2. The third-order valence-electron chi connectivity index (χ3n) is 4.56. The third-order valence-corrected chi connectivity index (χ3v) is 4.56. The molecule has 1 aliphatic carbocycles. The summed E-state index contributed by atoms with van der Waals surface area (Å²) in [7, 11) is 0. The van der Waals surface area contributed by atoms with E-state index in [1.54, 1.807) is 29.2 Å². The van der Waals surface area contributed by atoms with Gasteiger partial charge in [-0.05, 0) is 42.9 Å². The first-order valence-electron chi connectivity index (χ1n) is 7.45. The zero-order chi connectivity index (χ0) is 15.7. The first kappa shape index (κ1) is 14.6. The van der Waals surface area contributed by atoms with E-state index >= 15 is 0 Å². The van der Waals surface area contributed by atoms with E-state index in [2.05, 4.69) is 6.07 Å². The summed E-state index contributed by atoms with van der Waals surface area (Å²) in [4.78, 5) is 13.9. The maximum Gasteiger partial charge on any atom is 0.240 e. The van der Waals surface area contributed by atoms with Crippen LogP contribution in [0.25, 0.3) is 0 Å². The maximum absolute atomic E-state index is 12.4. The van der Waals surface area contributed by atoms with Crippen molar-refractivity contribution in [1.29, 1.82) is 10.5 Å². The van der Waals surface area contributed by atoms with E-state index in [-0.39, 0.29) is 5.91 Å². The molecule has 3 rings (SSSR count). The van der Waals surface area contributed by atoms with E-state index in [0.29, 0.717) is 31.0 Å². The number of hydrogen-bond acceptors (Lipinski definition) is 4. The van der Waals surface area contributed by atoms with Crippen molar-refractivity contribution >= 4 is 5.91 Å². The molecule has 5 nitrogen and oxygen atoms in total. The zero-order valence-electron chi connectivity index (χ0n) is 12.2. The van der Waals surface area contributed by atoms with E-state index in [4.69, 9.17) is 5.26 Å². The quantitative estimate of drug-likeness (QED) is 0.904. The molecule has 1 heterocycles. The van der Waals surface area contributed by atoms with Crippen LogP contribution in [0, 0.1) is 34.5 Å². The number of amides is 1. The van der Waals surface area contributed by atoms with Gasteiger partial charge in [0.15, 0.2) is 0 Å². The average Bonchev–Trinajstić information content (AvgIpc) is 3.34. The molecule has 2 aliphatic rings. The van der Waals surface area contributed by atoms with Gasteiger partial charge in [-0.25, -0.2) is 0 Å². The Bertz CT molecular complexity index is 659. The van der Waals surface area contributed by atoms with E-state index < -0.39 is 11.5 Å². The fraction of sp³-hybridized carbons (Fsp3) is 0.471. The Morgan fingerprint density at radius 2 is 1.95 bits per heavy atom. The largest absolute Gasteiger partial charge is 0.386 e. The number of hydrogen-bond donors (Lipinski definition) is 1. The van der Waals surface area contributed by atoms with Crippen LogP contribution in [0.2, 0.25) is 0 Å². The number of carbonyl (C=O) groups excluding carboxylic acids is 1. The first-order valence-corrected chi connectivity index (χ1v) is 7.45. The first-order chi connectivity index (χ1) is 10.6. The highest BCUT2D eigenvalue weighted by molar-refractivity contribution is 5.82. The van der Waals surface area contributed by atoms with E-state index in [1.807, 2.05) is 6.07 Å². The van der Waals surface area contributed by atoms with Crippen LogP contribution in [0.3, 0.4) is 0 Å². The van der Waals surface area contributed by atoms with Crippen LogP contribution in [0.4, 0.5) is 0 Å². The summed E-state index contributed by atoms with van der Waals surface area (Å²) in [6.45, 7) is 0.699. The SMILES string of the molecule is N#Cc1ccc(CC(C#N)C(=O)N2CC(O)(C3CC3)C2)cc1. The Morgan fingerprint density at radius 1 is 1.32 bits per heavy atom. The fourth-order valence-corrected chi connectivity index (χ4v) is 3.01. The lowest BCUT2D eigenvalue weighted by molar-refractivity contribution is -0.161. The van der Waals surface area contributed by atoms with Gasteiger partial charge < -0.3 is 10.0 Å². The van der Waals surface area contributed by atoms with Gasteiger partial charge in [-0.15, -0.1) is 0 Å². The van der Waals surface area contributed by atoms with Crippen molar-refractivity contribution in [2.45, 2.75) is 24.9 Å². The number of aliphatic hydroxyl groups is 1. The molecular weight excluding hydrogens is 278 g/mol. The Hall–Kier alpha value is -2.37.